The summed E-state index contributed by atoms with van der Waals surface area (Å²) < 4.78 is 47.1. The van der Waals surface area contributed by atoms with E-state index in [1.54, 1.807) is 30.3 Å². The second-order valence-electron chi connectivity index (χ2n) is 16.9. The summed E-state index contributed by atoms with van der Waals surface area (Å²) in [5.74, 6) is -0.259. The highest BCUT2D eigenvalue weighted by atomic mass is 35.5. The first-order chi connectivity index (χ1) is 29.7. The summed E-state index contributed by atoms with van der Waals surface area (Å²) in [6, 6.07) is 12.3. The molecule has 0 radical (unpaired) electrons. The number of halogens is 4. The normalized spacial score (nSPS) is 21.1. The van der Waals surface area contributed by atoms with Crippen LogP contribution in [0.5, 0.6) is 5.75 Å². The van der Waals surface area contributed by atoms with E-state index in [2.05, 4.69) is 32.5 Å². The molecule has 8 rings (SSSR count). The molecule has 0 atom stereocenters. The third-order valence-corrected chi connectivity index (χ3v) is 13.3. The molecule has 1 aliphatic carbocycles. The Balaban J connectivity index is 0.782. The van der Waals surface area contributed by atoms with Gasteiger partial charge in [-0.15, -0.1) is 0 Å². The lowest BCUT2D eigenvalue weighted by molar-refractivity contribution is -0.141. The van der Waals surface area contributed by atoms with Gasteiger partial charge in [0, 0.05) is 67.9 Å². The molecule has 2 N–H and O–H groups in total. The van der Waals surface area contributed by atoms with Gasteiger partial charge in [-0.1, -0.05) is 17.7 Å². The predicted molar refractivity (Wildman–Crippen MR) is 228 cm³/mol. The van der Waals surface area contributed by atoms with Crippen molar-refractivity contribution < 1.29 is 37.1 Å². The van der Waals surface area contributed by atoms with E-state index in [1.165, 1.54) is 18.1 Å². The monoisotopic (exact) mass is 877 g/mol. The molecule has 4 fully saturated rings. The molecule has 5 heterocycles. The van der Waals surface area contributed by atoms with Crippen LogP contribution < -0.4 is 20.3 Å². The van der Waals surface area contributed by atoms with Crippen molar-refractivity contribution in [3.05, 3.63) is 76.7 Å². The highest BCUT2D eigenvalue weighted by Gasteiger charge is 2.35. The fourth-order valence-corrected chi connectivity index (χ4v) is 9.75. The van der Waals surface area contributed by atoms with Crippen molar-refractivity contribution in [3.8, 4) is 5.75 Å². The molecule has 0 spiro atoms. The van der Waals surface area contributed by atoms with Gasteiger partial charge < -0.3 is 24.8 Å². The third-order valence-electron chi connectivity index (χ3n) is 13.0. The largest absolute Gasteiger partial charge is 0.494 e. The Kier molecular flexibility index (Phi) is 12.8. The number of urea groups is 1. The number of fused-ring (bicyclic) bond motifs is 1. The molecule has 2 aromatic heterocycles. The van der Waals surface area contributed by atoms with Gasteiger partial charge in [-0.2, -0.15) is 18.3 Å². The van der Waals surface area contributed by atoms with E-state index in [1.807, 2.05) is 15.8 Å². The van der Waals surface area contributed by atoms with Crippen LogP contribution >= 0.6 is 11.6 Å². The number of nitrogens with zero attached hydrogens (tertiary/aromatic N) is 7. The fraction of sp³-hybridized carbons (Fsp3) is 0.500. The minimum Gasteiger partial charge on any atom is -0.494 e. The highest BCUT2D eigenvalue weighted by molar-refractivity contribution is 6.34. The number of aromatic nitrogens is 3. The molecule has 62 heavy (non-hydrogen) atoms. The summed E-state index contributed by atoms with van der Waals surface area (Å²) in [5, 5.41) is 10.9. The number of rotatable bonds is 10. The first kappa shape index (κ1) is 43.4. The van der Waals surface area contributed by atoms with Crippen LogP contribution in [0.2, 0.25) is 5.02 Å². The Morgan fingerprint density at radius 3 is 2.37 bits per heavy atom. The Morgan fingerprint density at radius 1 is 0.935 bits per heavy atom. The standard InChI is InChI=1S/C44H51ClF3N9O5/c1-53(30-12-17-54(18-13-30)31-14-19-55(20-15-31)42(60)28-8-11-33(45)37(23-28)56-21-16-40(58)51-43(56)61)25-27-6-9-32(10-7-27)57-26-29-22-36(38(62-2)24-35(29)52-57)50-41(59)34-4-3-5-39(49-34)44(46,47)48/h3-5,8,11,22-24,26-27,30-32H,6-7,9-10,12-21,25H2,1-2H3,(H,50,59)(H,51,58,61). The second-order valence-corrected chi connectivity index (χ2v) is 17.3. The zero-order valence-corrected chi connectivity index (χ0v) is 35.6. The van der Waals surface area contributed by atoms with E-state index < -0.39 is 23.8 Å². The molecule has 4 aromatic rings. The summed E-state index contributed by atoms with van der Waals surface area (Å²) in [4.78, 5) is 62.5. The number of pyridine rings is 1. The smallest absolute Gasteiger partial charge is 0.433 e. The van der Waals surface area contributed by atoms with Crippen LogP contribution in [-0.4, -0.2) is 119 Å². The van der Waals surface area contributed by atoms with Gasteiger partial charge in [-0.3, -0.25) is 29.3 Å². The lowest BCUT2D eigenvalue weighted by Crippen LogP contribution is -2.51. The molecule has 2 aromatic carbocycles. The second kappa shape index (κ2) is 18.2. The average Bonchev–Trinajstić information content (AvgIpc) is 3.69. The van der Waals surface area contributed by atoms with E-state index in [9.17, 15) is 32.3 Å². The molecule has 5 amide bonds. The van der Waals surface area contributed by atoms with Gasteiger partial charge in [0.2, 0.25) is 5.91 Å². The number of amides is 5. The zero-order valence-electron chi connectivity index (χ0n) is 34.8. The summed E-state index contributed by atoms with van der Waals surface area (Å²) in [6.07, 6.45) is 5.64. The minimum atomic E-state index is -4.67. The maximum absolute atomic E-state index is 13.5. The number of likely N-dealkylation sites (tertiary alicyclic amines) is 2. The summed E-state index contributed by atoms with van der Waals surface area (Å²) in [5.41, 5.74) is 0.418. The van der Waals surface area contributed by atoms with Gasteiger partial charge in [0.25, 0.3) is 11.8 Å². The van der Waals surface area contributed by atoms with Crippen LogP contribution in [0.4, 0.5) is 29.3 Å². The number of carbonyl (C=O) groups excluding carboxylic acids is 4. The van der Waals surface area contributed by atoms with Crippen molar-refractivity contribution in [1.82, 2.24) is 34.8 Å². The predicted octanol–water partition coefficient (Wildman–Crippen LogP) is 7.24. The average molecular weight is 878 g/mol. The lowest BCUT2D eigenvalue weighted by atomic mass is 9.85. The summed E-state index contributed by atoms with van der Waals surface area (Å²) in [6.45, 7) is 4.65. The van der Waals surface area contributed by atoms with E-state index in [0.717, 1.165) is 88.5 Å². The fourth-order valence-electron chi connectivity index (χ4n) is 9.53. The number of hydrogen-bond acceptors (Lipinski definition) is 9. The molecule has 3 saturated heterocycles. The Labute approximate surface area is 362 Å². The van der Waals surface area contributed by atoms with Crippen LogP contribution in [0.1, 0.15) is 90.4 Å². The SMILES string of the molecule is COc1cc2nn(C3CCC(CN(C)C4CCN(C5CCN(C(=O)c6ccc(Cl)c(N7CCC(=O)NC7=O)c6)CC5)CC4)CC3)cc2cc1NC(=O)c1cccc(C(F)(F)F)n1. The quantitative estimate of drug-likeness (QED) is 0.169. The van der Waals surface area contributed by atoms with Crippen LogP contribution in [0, 0.1) is 5.92 Å². The summed E-state index contributed by atoms with van der Waals surface area (Å²) in [7, 11) is 3.71. The van der Waals surface area contributed by atoms with Gasteiger partial charge in [0.15, 0.2) is 0 Å². The molecule has 1 saturated carbocycles. The van der Waals surface area contributed by atoms with Crippen LogP contribution in [0.15, 0.2) is 54.7 Å². The molecule has 4 aliphatic rings. The topological polar surface area (TPSA) is 145 Å². The lowest BCUT2D eigenvalue weighted by Gasteiger charge is -2.44. The molecule has 330 valence electrons. The van der Waals surface area contributed by atoms with Crippen molar-refractivity contribution in [1.29, 1.82) is 0 Å². The Morgan fingerprint density at radius 2 is 1.68 bits per heavy atom. The molecular formula is C44H51ClF3N9O5. The summed E-state index contributed by atoms with van der Waals surface area (Å²) >= 11 is 6.41. The van der Waals surface area contributed by atoms with Crippen LogP contribution in [-0.2, 0) is 11.0 Å². The number of carbonyl (C=O) groups is 4. The molecule has 14 nitrogen and oxygen atoms in total. The number of imide groups is 1. The molecule has 0 unspecified atom stereocenters. The van der Waals surface area contributed by atoms with Gasteiger partial charge in [0.05, 0.1) is 35.1 Å². The number of ether oxygens (including phenoxy) is 1. The highest BCUT2D eigenvalue weighted by Crippen LogP contribution is 2.37. The van der Waals surface area contributed by atoms with Gasteiger partial charge >= 0.3 is 12.2 Å². The zero-order chi connectivity index (χ0) is 43.7. The van der Waals surface area contributed by atoms with Crippen molar-refractivity contribution in [2.45, 2.75) is 82.1 Å². The van der Waals surface area contributed by atoms with Gasteiger partial charge in [-0.05, 0) is 114 Å². The Bertz CT molecular complexity index is 2320. The van der Waals surface area contributed by atoms with Crippen molar-refractivity contribution in [2.24, 2.45) is 5.92 Å². The number of benzene rings is 2. The van der Waals surface area contributed by atoms with Crippen LogP contribution in [0.3, 0.4) is 0 Å². The van der Waals surface area contributed by atoms with Gasteiger partial charge in [-0.25, -0.2) is 9.78 Å². The Hall–Kier alpha value is -5.26. The van der Waals surface area contributed by atoms with Crippen molar-refractivity contribution in [2.75, 3.05) is 63.6 Å². The van der Waals surface area contributed by atoms with E-state index >= 15 is 0 Å². The van der Waals surface area contributed by atoms with Crippen molar-refractivity contribution in [3.63, 3.8) is 0 Å². The van der Waals surface area contributed by atoms with Crippen LogP contribution in [0.25, 0.3) is 10.9 Å². The number of anilines is 2. The molecule has 18 heteroatoms. The first-order valence-corrected chi connectivity index (χ1v) is 21.7. The molecule has 0 bridgehead atoms. The number of nitrogens with one attached hydrogen (secondary N) is 2. The minimum absolute atomic E-state index is 0.0841. The van der Waals surface area contributed by atoms with E-state index in [4.69, 9.17) is 21.4 Å². The van der Waals surface area contributed by atoms with E-state index in [0.29, 0.717) is 64.3 Å². The number of piperidine rings is 2. The maximum atomic E-state index is 13.5. The van der Waals surface area contributed by atoms with Crippen molar-refractivity contribution >= 4 is 57.6 Å². The first-order valence-electron chi connectivity index (χ1n) is 21.3. The van der Waals surface area contributed by atoms with Gasteiger partial charge in [0.1, 0.15) is 17.1 Å². The number of alkyl halides is 3. The third kappa shape index (κ3) is 9.54. The number of methoxy groups -OCH3 is 1. The molecular weight excluding hydrogens is 827 g/mol. The number of hydrogen-bond donors (Lipinski definition) is 2. The maximum Gasteiger partial charge on any atom is 0.433 e. The van der Waals surface area contributed by atoms with E-state index in [-0.39, 0.29) is 36.5 Å². The molecule has 3 aliphatic heterocycles.